The Morgan fingerprint density at radius 3 is 3.12 bits per heavy atom. The third-order valence-corrected chi connectivity index (χ3v) is 4.75. The van der Waals surface area contributed by atoms with Crippen molar-refractivity contribution in [3.63, 3.8) is 0 Å². The Morgan fingerprint density at radius 1 is 1.53 bits per heavy atom. The van der Waals surface area contributed by atoms with Crippen molar-refractivity contribution < 1.29 is 0 Å². The lowest BCUT2D eigenvalue weighted by Crippen LogP contribution is -2.19. The summed E-state index contributed by atoms with van der Waals surface area (Å²) in [5.41, 5.74) is 2.37. The maximum atomic E-state index is 4.72. The zero-order valence-electron chi connectivity index (χ0n) is 10.2. The van der Waals surface area contributed by atoms with Crippen LogP contribution < -0.4 is 5.32 Å². The molecule has 1 N–H and O–H groups in total. The van der Waals surface area contributed by atoms with Gasteiger partial charge >= 0.3 is 0 Å². The van der Waals surface area contributed by atoms with Crippen molar-refractivity contribution in [1.82, 2.24) is 0 Å². The van der Waals surface area contributed by atoms with Gasteiger partial charge in [-0.15, -0.1) is 0 Å². The zero-order chi connectivity index (χ0) is 12.3. The predicted molar refractivity (Wildman–Crippen MR) is 81.1 cm³/mol. The van der Waals surface area contributed by atoms with E-state index in [1.807, 2.05) is 17.8 Å². The van der Waals surface area contributed by atoms with Crippen LogP contribution in [-0.4, -0.2) is 17.0 Å². The maximum absolute atomic E-state index is 4.72. The van der Waals surface area contributed by atoms with Gasteiger partial charge in [0.1, 0.15) is 0 Å². The van der Waals surface area contributed by atoms with Crippen molar-refractivity contribution in [2.75, 3.05) is 11.1 Å². The number of nitrogens with zero attached hydrogens (tertiary/aromatic N) is 1. The van der Waals surface area contributed by atoms with Crippen LogP contribution in [0.15, 0.2) is 27.7 Å². The lowest BCUT2D eigenvalue weighted by molar-refractivity contribution is 0.634. The summed E-state index contributed by atoms with van der Waals surface area (Å²) in [4.78, 5) is 4.72. The van der Waals surface area contributed by atoms with Gasteiger partial charge in [0.2, 0.25) is 0 Å². The second-order valence-corrected chi connectivity index (χ2v) is 6.11. The summed E-state index contributed by atoms with van der Waals surface area (Å²) in [5, 5.41) is 4.50. The van der Waals surface area contributed by atoms with E-state index in [-0.39, 0.29) is 0 Å². The molecule has 1 heterocycles. The lowest BCUT2D eigenvalue weighted by atomic mass is 10.2. The minimum absolute atomic E-state index is 0.492. The molecular weight excluding hydrogens is 296 g/mol. The van der Waals surface area contributed by atoms with Crippen molar-refractivity contribution in [3.05, 3.63) is 28.2 Å². The molecular formula is C13H17BrN2S. The number of hydrogen-bond donors (Lipinski definition) is 1. The van der Waals surface area contributed by atoms with E-state index in [0.29, 0.717) is 6.04 Å². The molecule has 1 unspecified atom stereocenters. The van der Waals surface area contributed by atoms with Crippen LogP contribution in [0.2, 0.25) is 0 Å². The lowest BCUT2D eigenvalue weighted by Gasteiger charge is -2.20. The van der Waals surface area contributed by atoms with Crippen LogP contribution in [0.4, 0.5) is 5.69 Å². The average molecular weight is 313 g/mol. The van der Waals surface area contributed by atoms with E-state index in [9.17, 15) is 0 Å². The van der Waals surface area contributed by atoms with E-state index < -0.39 is 0 Å². The highest BCUT2D eigenvalue weighted by atomic mass is 79.9. The number of anilines is 1. The van der Waals surface area contributed by atoms with E-state index in [1.54, 1.807) is 0 Å². The molecule has 1 aromatic rings. The second-order valence-electron chi connectivity index (χ2n) is 4.17. The molecule has 0 spiro atoms. The van der Waals surface area contributed by atoms with Crippen molar-refractivity contribution in [1.29, 1.82) is 0 Å². The van der Waals surface area contributed by atoms with Gasteiger partial charge in [0.05, 0.1) is 6.04 Å². The highest BCUT2D eigenvalue weighted by Crippen LogP contribution is 2.26. The van der Waals surface area contributed by atoms with Crippen LogP contribution in [0.25, 0.3) is 0 Å². The summed E-state index contributed by atoms with van der Waals surface area (Å²) in [6.07, 6.45) is 2.33. The summed E-state index contributed by atoms with van der Waals surface area (Å²) in [7, 11) is 0. The van der Waals surface area contributed by atoms with Crippen LogP contribution in [0.3, 0.4) is 0 Å². The minimum Gasteiger partial charge on any atom is -0.335 e. The fraction of sp³-hybridized carbons (Fsp3) is 0.462. The summed E-state index contributed by atoms with van der Waals surface area (Å²) < 4.78 is 1.14. The number of thioether (sulfide) groups is 1. The van der Waals surface area contributed by atoms with Crippen LogP contribution in [0.5, 0.6) is 0 Å². The number of amidine groups is 1. The quantitative estimate of drug-likeness (QED) is 0.873. The molecule has 0 aliphatic carbocycles. The van der Waals surface area contributed by atoms with E-state index >= 15 is 0 Å². The van der Waals surface area contributed by atoms with Crippen molar-refractivity contribution in [2.24, 2.45) is 4.99 Å². The SMILES string of the molecule is CCC1CCSC(Nc2cccc(Br)c2C)=N1. The molecule has 2 nitrogen and oxygen atoms in total. The first kappa shape index (κ1) is 13.0. The summed E-state index contributed by atoms with van der Waals surface area (Å²) in [6, 6.07) is 6.69. The van der Waals surface area contributed by atoms with Crippen LogP contribution >= 0.6 is 27.7 Å². The largest absolute Gasteiger partial charge is 0.335 e. The van der Waals surface area contributed by atoms with Gasteiger partial charge in [0.15, 0.2) is 5.17 Å². The number of halogens is 1. The molecule has 17 heavy (non-hydrogen) atoms. The Morgan fingerprint density at radius 2 is 2.35 bits per heavy atom. The van der Waals surface area contributed by atoms with Gasteiger partial charge in [-0.1, -0.05) is 40.7 Å². The normalized spacial score (nSPS) is 19.9. The Hall–Kier alpha value is -0.480. The van der Waals surface area contributed by atoms with Gasteiger partial charge in [-0.25, -0.2) is 0 Å². The maximum Gasteiger partial charge on any atom is 0.161 e. The third-order valence-electron chi connectivity index (χ3n) is 2.97. The summed E-state index contributed by atoms with van der Waals surface area (Å²) in [6.45, 7) is 4.31. The summed E-state index contributed by atoms with van der Waals surface area (Å²) in [5.74, 6) is 1.16. The first-order chi connectivity index (χ1) is 8.20. The van der Waals surface area contributed by atoms with Gasteiger partial charge in [-0.05, 0) is 37.5 Å². The molecule has 0 bridgehead atoms. The van der Waals surface area contributed by atoms with E-state index in [2.05, 4.69) is 47.2 Å². The van der Waals surface area contributed by atoms with Crippen LogP contribution in [0.1, 0.15) is 25.3 Å². The molecule has 0 saturated heterocycles. The van der Waals surface area contributed by atoms with E-state index in [4.69, 9.17) is 4.99 Å². The molecule has 0 fully saturated rings. The second kappa shape index (κ2) is 5.91. The smallest absolute Gasteiger partial charge is 0.161 e. The molecule has 0 amide bonds. The molecule has 4 heteroatoms. The molecule has 1 aliphatic heterocycles. The number of aliphatic imine (C=N–C) groups is 1. The molecule has 1 aromatic carbocycles. The fourth-order valence-electron chi connectivity index (χ4n) is 1.78. The number of rotatable bonds is 2. The standard InChI is InChI=1S/C13H17BrN2S/c1-3-10-7-8-17-13(15-10)16-12-6-4-5-11(14)9(12)2/h4-6,10H,3,7-8H2,1-2H3,(H,15,16). The first-order valence-electron chi connectivity index (χ1n) is 5.93. The average Bonchev–Trinajstić information content (AvgIpc) is 2.35. The zero-order valence-corrected chi connectivity index (χ0v) is 12.6. The van der Waals surface area contributed by atoms with Gasteiger partial charge in [0, 0.05) is 15.9 Å². The van der Waals surface area contributed by atoms with Crippen LogP contribution in [0, 0.1) is 6.92 Å². The van der Waals surface area contributed by atoms with Crippen molar-refractivity contribution in [2.45, 2.75) is 32.7 Å². The molecule has 0 radical (unpaired) electrons. The minimum atomic E-state index is 0.492. The van der Waals surface area contributed by atoms with E-state index in [0.717, 1.165) is 27.5 Å². The number of benzene rings is 1. The number of hydrogen-bond acceptors (Lipinski definition) is 3. The van der Waals surface area contributed by atoms with E-state index in [1.165, 1.54) is 12.0 Å². The number of nitrogens with one attached hydrogen (secondary N) is 1. The van der Waals surface area contributed by atoms with Gasteiger partial charge in [0.25, 0.3) is 0 Å². The predicted octanol–water partition coefficient (Wildman–Crippen LogP) is 4.44. The van der Waals surface area contributed by atoms with Crippen molar-refractivity contribution in [3.8, 4) is 0 Å². The molecule has 0 aromatic heterocycles. The van der Waals surface area contributed by atoms with Crippen LogP contribution in [-0.2, 0) is 0 Å². The van der Waals surface area contributed by atoms with Gasteiger partial charge in [-0.3, -0.25) is 4.99 Å². The van der Waals surface area contributed by atoms with Gasteiger partial charge in [-0.2, -0.15) is 0 Å². The molecule has 1 atom stereocenters. The first-order valence-corrected chi connectivity index (χ1v) is 7.71. The molecule has 0 saturated carbocycles. The van der Waals surface area contributed by atoms with Gasteiger partial charge < -0.3 is 5.32 Å². The molecule has 92 valence electrons. The highest BCUT2D eigenvalue weighted by Gasteiger charge is 2.14. The molecule has 2 rings (SSSR count). The molecule has 1 aliphatic rings. The Kier molecular flexibility index (Phi) is 4.51. The highest BCUT2D eigenvalue weighted by molar-refractivity contribution is 9.10. The Balaban J connectivity index is 2.15. The Bertz CT molecular complexity index is 431. The van der Waals surface area contributed by atoms with Crippen molar-refractivity contribution >= 4 is 38.5 Å². The summed E-state index contributed by atoms with van der Waals surface area (Å²) >= 11 is 5.37. The fourth-order valence-corrected chi connectivity index (χ4v) is 3.14. The monoisotopic (exact) mass is 312 g/mol. The Labute approximate surface area is 115 Å². The topological polar surface area (TPSA) is 24.4 Å². The third kappa shape index (κ3) is 3.26.